The molecule has 1 unspecified atom stereocenters. The Balaban J connectivity index is 2.39. The van der Waals surface area contributed by atoms with Crippen LogP contribution >= 0.6 is 11.6 Å². The summed E-state index contributed by atoms with van der Waals surface area (Å²) in [5.74, 6) is -1.24. The highest BCUT2D eigenvalue weighted by molar-refractivity contribution is 6.33. The van der Waals surface area contributed by atoms with Crippen molar-refractivity contribution in [1.29, 1.82) is 0 Å². The smallest absolute Gasteiger partial charge is 0.306 e. The summed E-state index contributed by atoms with van der Waals surface area (Å²) in [5, 5.41) is 9.42. The van der Waals surface area contributed by atoms with Gasteiger partial charge in [-0.05, 0) is 12.1 Å². The van der Waals surface area contributed by atoms with Crippen molar-refractivity contribution in [2.24, 2.45) is 5.92 Å². The maximum atomic E-state index is 10.8. The lowest BCUT2D eigenvalue weighted by molar-refractivity contribution is -0.141. The number of hydrogen-bond acceptors (Lipinski definition) is 2. The number of imidazole rings is 1. The fraction of sp³-hybridized carbons (Fsp3) is 0.273. The van der Waals surface area contributed by atoms with Gasteiger partial charge in [-0.25, -0.2) is 4.98 Å². The van der Waals surface area contributed by atoms with E-state index in [1.807, 2.05) is 16.7 Å². The Morgan fingerprint density at radius 1 is 1.69 bits per heavy atom. The highest BCUT2D eigenvalue weighted by Crippen LogP contribution is 2.18. The molecule has 2 heterocycles. The number of carboxylic acids is 1. The molecule has 0 saturated carbocycles. The first-order valence-corrected chi connectivity index (χ1v) is 5.30. The van der Waals surface area contributed by atoms with Gasteiger partial charge in [-0.15, -0.1) is 0 Å². The van der Waals surface area contributed by atoms with Gasteiger partial charge in [0.05, 0.1) is 10.9 Å². The zero-order chi connectivity index (χ0) is 11.7. The molecule has 1 N–H and O–H groups in total. The highest BCUT2D eigenvalue weighted by atomic mass is 35.5. The molecule has 84 valence electrons. The minimum absolute atomic E-state index is 0.432. The Morgan fingerprint density at radius 3 is 3.12 bits per heavy atom. The monoisotopic (exact) mass is 238 g/mol. The molecular weight excluding hydrogens is 228 g/mol. The Kier molecular flexibility index (Phi) is 2.83. The number of rotatable bonds is 3. The Bertz CT molecular complexity index is 536. The Hall–Kier alpha value is -1.55. The number of fused-ring (bicyclic) bond motifs is 1. The van der Waals surface area contributed by atoms with E-state index >= 15 is 0 Å². The van der Waals surface area contributed by atoms with Crippen LogP contribution in [0.5, 0.6) is 0 Å². The van der Waals surface area contributed by atoms with Crippen LogP contribution in [0.2, 0.25) is 5.02 Å². The van der Waals surface area contributed by atoms with Crippen LogP contribution in [0.1, 0.15) is 12.6 Å². The van der Waals surface area contributed by atoms with Crippen molar-refractivity contribution in [1.82, 2.24) is 9.38 Å². The second-order valence-corrected chi connectivity index (χ2v) is 4.15. The minimum Gasteiger partial charge on any atom is -0.481 e. The number of hydrogen-bond donors (Lipinski definition) is 1. The van der Waals surface area contributed by atoms with E-state index in [2.05, 4.69) is 4.98 Å². The Labute approximate surface area is 97.5 Å². The molecule has 0 aliphatic rings. The third kappa shape index (κ3) is 1.88. The van der Waals surface area contributed by atoms with Crippen molar-refractivity contribution in [2.45, 2.75) is 13.3 Å². The summed E-state index contributed by atoms with van der Waals surface area (Å²) in [6, 6.07) is 3.57. The van der Waals surface area contributed by atoms with Crippen molar-refractivity contribution in [3.8, 4) is 0 Å². The zero-order valence-electron chi connectivity index (χ0n) is 8.72. The molecule has 0 amide bonds. The predicted molar refractivity (Wildman–Crippen MR) is 60.7 cm³/mol. The van der Waals surface area contributed by atoms with Crippen LogP contribution in [-0.4, -0.2) is 20.5 Å². The predicted octanol–water partition coefficient (Wildman–Crippen LogP) is 2.25. The van der Waals surface area contributed by atoms with E-state index in [1.165, 1.54) is 0 Å². The van der Waals surface area contributed by atoms with Crippen LogP contribution in [0, 0.1) is 5.92 Å². The van der Waals surface area contributed by atoms with Gasteiger partial charge in [-0.2, -0.15) is 0 Å². The summed E-state index contributed by atoms with van der Waals surface area (Å²) in [5.41, 5.74) is 1.52. The SMILES string of the molecule is CC(Cc1cnc2c(Cl)cccn12)C(=O)O. The summed E-state index contributed by atoms with van der Waals surface area (Å²) in [6.45, 7) is 1.67. The molecule has 0 aliphatic heterocycles. The van der Waals surface area contributed by atoms with Gasteiger partial charge in [0.15, 0.2) is 5.65 Å². The molecule has 0 saturated heterocycles. The normalized spacial score (nSPS) is 12.9. The molecule has 0 bridgehead atoms. The summed E-state index contributed by atoms with van der Waals surface area (Å²) in [6.07, 6.45) is 3.94. The number of pyridine rings is 1. The lowest BCUT2D eigenvalue weighted by Crippen LogP contribution is -2.13. The third-order valence-electron chi connectivity index (χ3n) is 2.50. The van der Waals surface area contributed by atoms with E-state index in [0.29, 0.717) is 17.1 Å². The maximum Gasteiger partial charge on any atom is 0.306 e. The number of nitrogens with zero attached hydrogens (tertiary/aromatic N) is 2. The molecule has 0 aliphatic carbocycles. The molecule has 2 rings (SSSR count). The fourth-order valence-electron chi connectivity index (χ4n) is 1.58. The van der Waals surface area contributed by atoms with Gasteiger partial charge in [0, 0.05) is 24.5 Å². The first kappa shape index (κ1) is 11.0. The van der Waals surface area contributed by atoms with E-state index in [0.717, 1.165) is 5.69 Å². The summed E-state index contributed by atoms with van der Waals surface area (Å²) in [7, 11) is 0. The van der Waals surface area contributed by atoms with E-state index in [1.54, 1.807) is 19.2 Å². The first-order chi connectivity index (χ1) is 7.59. The number of halogens is 1. The lowest BCUT2D eigenvalue weighted by atomic mass is 10.1. The van der Waals surface area contributed by atoms with E-state index in [4.69, 9.17) is 16.7 Å². The van der Waals surface area contributed by atoms with Crippen molar-refractivity contribution < 1.29 is 9.90 Å². The molecule has 0 radical (unpaired) electrons. The molecule has 5 heteroatoms. The molecule has 0 fully saturated rings. The molecule has 2 aromatic rings. The number of carbonyl (C=O) groups is 1. The van der Waals surface area contributed by atoms with Crippen LogP contribution in [0.25, 0.3) is 5.65 Å². The molecule has 1 atom stereocenters. The van der Waals surface area contributed by atoms with Crippen molar-refractivity contribution >= 4 is 23.2 Å². The third-order valence-corrected chi connectivity index (χ3v) is 2.80. The topological polar surface area (TPSA) is 54.6 Å². The zero-order valence-corrected chi connectivity index (χ0v) is 9.48. The molecule has 2 aromatic heterocycles. The van der Waals surface area contributed by atoms with Gasteiger partial charge >= 0.3 is 5.97 Å². The fourth-order valence-corrected chi connectivity index (χ4v) is 1.79. The van der Waals surface area contributed by atoms with E-state index < -0.39 is 11.9 Å². The van der Waals surface area contributed by atoms with Crippen molar-refractivity contribution in [3.63, 3.8) is 0 Å². The molecule has 4 nitrogen and oxygen atoms in total. The van der Waals surface area contributed by atoms with Gasteiger partial charge in [-0.3, -0.25) is 4.79 Å². The van der Waals surface area contributed by atoms with Crippen LogP contribution in [0.3, 0.4) is 0 Å². The van der Waals surface area contributed by atoms with Crippen LogP contribution in [0.15, 0.2) is 24.5 Å². The second-order valence-electron chi connectivity index (χ2n) is 3.74. The summed E-state index contributed by atoms with van der Waals surface area (Å²) in [4.78, 5) is 14.9. The van der Waals surface area contributed by atoms with E-state index in [9.17, 15) is 4.79 Å². The first-order valence-electron chi connectivity index (χ1n) is 4.93. The average Bonchev–Trinajstić information content (AvgIpc) is 2.63. The molecule has 0 spiro atoms. The molecule has 16 heavy (non-hydrogen) atoms. The maximum absolute atomic E-state index is 10.8. The standard InChI is InChI=1S/C11H11ClN2O2/c1-7(11(15)16)5-8-6-13-10-9(12)3-2-4-14(8)10/h2-4,6-7H,5H2,1H3,(H,15,16). The van der Waals surface area contributed by atoms with Gasteiger partial charge in [0.2, 0.25) is 0 Å². The van der Waals surface area contributed by atoms with E-state index in [-0.39, 0.29) is 0 Å². The summed E-state index contributed by atoms with van der Waals surface area (Å²) >= 11 is 5.97. The largest absolute Gasteiger partial charge is 0.481 e. The lowest BCUT2D eigenvalue weighted by Gasteiger charge is -2.05. The second kappa shape index (κ2) is 4.14. The van der Waals surface area contributed by atoms with Crippen LogP contribution in [-0.2, 0) is 11.2 Å². The van der Waals surface area contributed by atoms with Crippen molar-refractivity contribution in [2.75, 3.05) is 0 Å². The van der Waals surface area contributed by atoms with Gasteiger partial charge in [-0.1, -0.05) is 18.5 Å². The quantitative estimate of drug-likeness (QED) is 0.892. The van der Waals surface area contributed by atoms with Gasteiger partial charge in [0.1, 0.15) is 0 Å². The summed E-state index contributed by atoms with van der Waals surface area (Å²) < 4.78 is 1.82. The van der Waals surface area contributed by atoms with Gasteiger partial charge < -0.3 is 9.51 Å². The Morgan fingerprint density at radius 2 is 2.44 bits per heavy atom. The van der Waals surface area contributed by atoms with Gasteiger partial charge in [0.25, 0.3) is 0 Å². The molecular formula is C11H11ClN2O2. The highest BCUT2D eigenvalue weighted by Gasteiger charge is 2.14. The van der Waals surface area contributed by atoms with Crippen LogP contribution < -0.4 is 0 Å². The average molecular weight is 239 g/mol. The minimum atomic E-state index is -0.808. The number of carboxylic acid groups (broad SMARTS) is 1. The van der Waals surface area contributed by atoms with Crippen LogP contribution in [0.4, 0.5) is 0 Å². The number of aliphatic carboxylic acids is 1. The van der Waals surface area contributed by atoms with Crippen molar-refractivity contribution in [3.05, 3.63) is 35.2 Å². The number of aromatic nitrogens is 2. The molecule has 0 aromatic carbocycles.